The molecule has 0 aliphatic carbocycles. The van der Waals surface area contributed by atoms with Crippen molar-refractivity contribution in [2.24, 2.45) is 0 Å². The van der Waals surface area contributed by atoms with Gasteiger partial charge in [0.2, 0.25) is 0 Å². The molecule has 5 heavy (non-hydrogen) atoms. The van der Waals surface area contributed by atoms with E-state index in [1.165, 1.54) is 0 Å². The summed E-state index contributed by atoms with van der Waals surface area (Å²) in [6.45, 7) is 2.13. The van der Waals surface area contributed by atoms with Crippen LogP contribution in [0, 0.1) is 0 Å². The number of hydrogen-bond acceptors (Lipinski definition) is 1. The fraction of sp³-hybridized carbons (Fsp3) is 1.00. The van der Waals surface area contributed by atoms with E-state index in [2.05, 4.69) is 12.7 Å². The molecule has 2 heteroatoms. The molecular formula is C3H7CrO. The van der Waals surface area contributed by atoms with Crippen LogP contribution in [0.1, 0.15) is 6.92 Å². The van der Waals surface area contributed by atoms with Gasteiger partial charge in [-0.05, 0) is 0 Å². The molecule has 0 N–H and O–H groups in total. The molecule has 1 aliphatic heterocycles. The average molecular weight is 111 g/mol. The van der Waals surface area contributed by atoms with Crippen LogP contribution in [0.15, 0.2) is 0 Å². The van der Waals surface area contributed by atoms with Gasteiger partial charge < -0.3 is 0 Å². The van der Waals surface area contributed by atoms with Crippen molar-refractivity contribution in [2.75, 3.05) is 0 Å². The van der Waals surface area contributed by atoms with Crippen molar-refractivity contribution in [1.82, 2.24) is 0 Å². The van der Waals surface area contributed by atoms with Crippen LogP contribution >= 0.6 is 0 Å². The third-order valence-electron chi connectivity index (χ3n) is 0.717. The second-order valence-electron chi connectivity index (χ2n) is 1.16. The van der Waals surface area contributed by atoms with Gasteiger partial charge in [-0.25, -0.2) is 0 Å². The van der Waals surface area contributed by atoms with Gasteiger partial charge in [0.1, 0.15) is 0 Å². The van der Waals surface area contributed by atoms with E-state index in [0.29, 0.717) is 4.97 Å². The first-order chi connectivity index (χ1) is 2.30. The molecule has 0 aromatic carbocycles. The number of hydrogen-bond donors (Lipinski definition) is 0. The standard InChI is InChI=1S/C2H4O.CH3.Cr/c1-2-3;;/h2H,1H3;1H3;/q-1;;+1. The van der Waals surface area contributed by atoms with E-state index >= 15 is 0 Å². The molecular weight excluding hydrogens is 104 g/mol. The van der Waals surface area contributed by atoms with E-state index in [9.17, 15) is 0 Å². The Balaban J connectivity index is 2.20. The molecule has 0 aromatic rings. The van der Waals surface area contributed by atoms with Gasteiger partial charge in [0.15, 0.2) is 0 Å². The fourth-order valence-corrected chi connectivity index (χ4v) is 1.29. The molecule has 1 unspecified atom stereocenters. The molecule has 0 spiro atoms. The predicted molar refractivity (Wildman–Crippen MR) is 16.4 cm³/mol. The Morgan fingerprint density at radius 3 is 2.00 bits per heavy atom. The molecule has 0 amide bonds. The zero-order valence-corrected chi connectivity index (χ0v) is 4.67. The Morgan fingerprint density at radius 1 is 1.80 bits per heavy atom. The molecule has 0 aromatic heterocycles. The molecule has 1 rings (SSSR count). The Labute approximate surface area is 36.7 Å². The zero-order chi connectivity index (χ0) is 3.86. The Morgan fingerprint density at radius 2 is 2.00 bits per heavy atom. The molecule has 0 radical (unpaired) electrons. The van der Waals surface area contributed by atoms with Gasteiger partial charge in [0.05, 0.1) is 0 Å². The SMILES string of the molecule is C[CH]1[O][Cr]1[CH3]. The summed E-state index contributed by atoms with van der Waals surface area (Å²) in [6, 6.07) is 0. The average Bonchev–Trinajstić information content (AvgIpc) is 1.79. The van der Waals surface area contributed by atoms with Crippen LogP contribution in [0.25, 0.3) is 0 Å². The first-order valence-corrected chi connectivity index (χ1v) is 4.16. The van der Waals surface area contributed by atoms with Crippen molar-refractivity contribution in [2.45, 2.75) is 17.7 Å². The first kappa shape index (κ1) is 3.67. The zero-order valence-electron chi connectivity index (χ0n) is 3.39. The van der Waals surface area contributed by atoms with Crippen molar-refractivity contribution in [3.05, 3.63) is 0 Å². The van der Waals surface area contributed by atoms with Gasteiger partial charge in [-0.1, -0.05) is 0 Å². The Hall–Kier alpha value is 0.492. The van der Waals surface area contributed by atoms with Gasteiger partial charge in [0.25, 0.3) is 0 Å². The predicted octanol–water partition coefficient (Wildman–Crippen LogP) is 0.944. The first-order valence-electron chi connectivity index (χ1n) is 1.62. The second-order valence-corrected chi connectivity index (χ2v) is 4.06. The summed E-state index contributed by atoms with van der Waals surface area (Å²) in [6.07, 6.45) is 0. The minimum absolute atomic E-state index is 0.380. The second kappa shape index (κ2) is 0.976. The summed E-state index contributed by atoms with van der Waals surface area (Å²) in [5.74, 6) is 2.20. The van der Waals surface area contributed by atoms with Crippen molar-refractivity contribution < 1.29 is 18.3 Å². The van der Waals surface area contributed by atoms with E-state index in [1.807, 2.05) is 0 Å². The van der Waals surface area contributed by atoms with Crippen LogP contribution in [0.5, 0.6) is 0 Å². The van der Waals surface area contributed by atoms with E-state index in [0.717, 1.165) is 0 Å². The fourth-order valence-electron chi connectivity index (χ4n) is 0.191. The molecule has 0 bridgehead atoms. The third-order valence-corrected chi connectivity index (χ3v) is 2.96. The van der Waals surface area contributed by atoms with E-state index in [4.69, 9.17) is 3.79 Å². The van der Waals surface area contributed by atoms with E-state index in [1.54, 1.807) is 0 Å². The topological polar surface area (TPSA) is 12.5 Å². The van der Waals surface area contributed by atoms with Crippen LogP contribution in [0.4, 0.5) is 0 Å². The van der Waals surface area contributed by atoms with Gasteiger partial charge >= 0.3 is 35.9 Å². The van der Waals surface area contributed by atoms with Crippen LogP contribution < -0.4 is 0 Å². The normalized spacial score (nSPS) is 38.4. The van der Waals surface area contributed by atoms with Crippen LogP contribution in [-0.4, -0.2) is 4.97 Å². The van der Waals surface area contributed by atoms with Crippen molar-refractivity contribution in [3.8, 4) is 0 Å². The molecule has 31 valence electrons. The molecule has 1 nitrogen and oxygen atoms in total. The molecule has 1 fully saturated rings. The van der Waals surface area contributed by atoms with Gasteiger partial charge in [-0.15, -0.1) is 0 Å². The van der Waals surface area contributed by atoms with E-state index in [-0.39, 0.29) is 14.5 Å². The molecule has 1 saturated heterocycles. The molecule has 0 saturated carbocycles. The van der Waals surface area contributed by atoms with Crippen molar-refractivity contribution in [3.63, 3.8) is 0 Å². The summed E-state index contributed by atoms with van der Waals surface area (Å²) in [5, 5.41) is 0. The Bertz CT molecular complexity index is 40.2. The quantitative estimate of drug-likeness (QED) is 0.424. The van der Waals surface area contributed by atoms with Crippen molar-refractivity contribution in [1.29, 1.82) is 0 Å². The molecule has 1 atom stereocenters. The monoisotopic (exact) mass is 111 g/mol. The Kier molecular flexibility index (Phi) is 0.717. The summed E-state index contributed by atoms with van der Waals surface area (Å²) >= 11 is -0.380. The van der Waals surface area contributed by atoms with Crippen LogP contribution in [0.2, 0.25) is 5.79 Å². The van der Waals surface area contributed by atoms with Crippen molar-refractivity contribution >= 4 is 0 Å². The molecule has 1 aliphatic rings. The number of rotatable bonds is 0. The third kappa shape index (κ3) is 0.662. The van der Waals surface area contributed by atoms with Gasteiger partial charge in [-0.2, -0.15) is 0 Å². The summed E-state index contributed by atoms with van der Waals surface area (Å²) in [4.78, 5) is 0.676. The maximum atomic E-state index is 5.04. The van der Waals surface area contributed by atoms with Gasteiger partial charge in [0, 0.05) is 0 Å². The minimum atomic E-state index is -0.380. The summed E-state index contributed by atoms with van der Waals surface area (Å²) in [7, 11) is 0. The van der Waals surface area contributed by atoms with Crippen LogP contribution in [0.3, 0.4) is 0 Å². The van der Waals surface area contributed by atoms with Gasteiger partial charge in [-0.3, -0.25) is 0 Å². The maximum absolute atomic E-state index is 5.04. The van der Waals surface area contributed by atoms with Crippen LogP contribution in [-0.2, 0) is 18.3 Å². The summed E-state index contributed by atoms with van der Waals surface area (Å²) < 4.78 is 5.04. The summed E-state index contributed by atoms with van der Waals surface area (Å²) in [5.41, 5.74) is 0. The van der Waals surface area contributed by atoms with E-state index < -0.39 is 0 Å². The molecule has 1 heterocycles.